The van der Waals surface area contributed by atoms with Gasteiger partial charge in [0.15, 0.2) is 0 Å². The maximum Gasteiger partial charge on any atom is 0.255 e. The average Bonchev–Trinajstić information content (AvgIpc) is 3.11. The third kappa shape index (κ3) is 2.41. The van der Waals surface area contributed by atoms with Crippen molar-refractivity contribution in [3.8, 4) is 5.75 Å². The van der Waals surface area contributed by atoms with E-state index in [0.717, 1.165) is 12.8 Å². The maximum absolute atomic E-state index is 11.5. The summed E-state index contributed by atoms with van der Waals surface area (Å²) in [6.45, 7) is 0. The smallest absolute Gasteiger partial charge is 0.255 e. The van der Waals surface area contributed by atoms with Crippen LogP contribution in [0.4, 0.5) is 0 Å². The minimum absolute atomic E-state index is 0.265. The molecule has 0 unspecified atom stereocenters. The number of ether oxygens (including phenoxy) is 1. The van der Waals surface area contributed by atoms with E-state index in [9.17, 15) is 8.42 Å². The SMILES string of the molecule is COc1ccccc1C=NS(=O)(=O)C1CC1. The molecule has 1 saturated carbocycles. The van der Waals surface area contributed by atoms with Crippen LogP contribution in [0.3, 0.4) is 0 Å². The fourth-order valence-electron chi connectivity index (χ4n) is 1.36. The van der Waals surface area contributed by atoms with Crippen molar-refractivity contribution in [2.24, 2.45) is 4.40 Å². The zero-order valence-electron chi connectivity index (χ0n) is 8.96. The standard InChI is InChI=1S/C11H13NO3S/c1-15-11-5-3-2-4-9(11)8-12-16(13,14)10-6-7-10/h2-5,8,10H,6-7H2,1H3. The van der Waals surface area contributed by atoms with Gasteiger partial charge in [-0.15, -0.1) is 0 Å². The molecular weight excluding hydrogens is 226 g/mol. The van der Waals surface area contributed by atoms with Crippen molar-refractivity contribution in [1.82, 2.24) is 0 Å². The van der Waals surface area contributed by atoms with E-state index < -0.39 is 10.0 Å². The van der Waals surface area contributed by atoms with Gasteiger partial charge in [-0.2, -0.15) is 4.40 Å². The van der Waals surface area contributed by atoms with E-state index in [-0.39, 0.29) is 5.25 Å². The highest BCUT2D eigenvalue weighted by atomic mass is 32.2. The quantitative estimate of drug-likeness (QED) is 0.750. The van der Waals surface area contributed by atoms with Gasteiger partial charge in [-0.05, 0) is 25.0 Å². The minimum atomic E-state index is -3.30. The summed E-state index contributed by atoms with van der Waals surface area (Å²) in [7, 11) is -1.75. The molecule has 0 spiro atoms. The highest BCUT2D eigenvalue weighted by Gasteiger charge is 2.35. The molecule has 0 bridgehead atoms. The Bertz CT molecular complexity index is 504. The van der Waals surface area contributed by atoms with Crippen LogP contribution >= 0.6 is 0 Å². The molecule has 4 nitrogen and oxygen atoms in total. The third-order valence-corrected chi connectivity index (χ3v) is 4.14. The van der Waals surface area contributed by atoms with Gasteiger partial charge in [-0.25, -0.2) is 8.42 Å². The predicted octanol–water partition coefficient (Wildman–Crippen LogP) is 1.61. The molecule has 0 radical (unpaired) electrons. The number of hydrogen-bond donors (Lipinski definition) is 0. The van der Waals surface area contributed by atoms with E-state index >= 15 is 0 Å². The maximum atomic E-state index is 11.5. The fourth-order valence-corrected chi connectivity index (χ4v) is 2.52. The highest BCUT2D eigenvalue weighted by Crippen LogP contribution is 2.29. The van der Waals surface area contributed by atoms with Crippen molar-refractivity contribution in [1.29, 1.82) is 0 Å². The van der Waals surface area contributed by atoms with Crippen LogP contribution in [-0.4, -0.2) is 27.0 Å². The number of benzene rings is 1. The van der Waals surface area contributed by atoms with Gasteiger partial charge in [0.25, 0.3) is 10.0 Å². The summed E-state index contributed by atoms with van der Waals surface area (Å²) in [5.41, 5.74) is 0.675. The molecule has 5 heteroatoms. The van der Waals surface area contributed by atoms with Crippen LogP contribution in [0.15, 0.2) is 28.7 Å². The normalized spacial score (nSPS) is 16.6. The van der Waals surface area contributed by atoms with Crippen LogP contribution in [0, 0.1) is 0 Å². The lowest BCUT2D eigenvalue weighted by Crippen LogP contribution is -2.03. The van der Waals surface area contributed by atoms with Crippen molar-refractivity contribution in [2.45, 2.75) is 18.1 Å². The largest absolute Gasteiger partial charge is 0.496 e. The van der Waals surface area contributed by atoms with Crippen LogP contribution < -0.4 is 4.74 Å². The Kier molecular flexibility index (Phi) is 2.96. The van der Waals surface area contributed by atoms with Crippen LogP contribution in [0.5, 0.6) is 5.75 Å². The van der Waals surface area contributed by atoms with Crippen molar-refractivity contribution in [2.75, 3.05) is 7.11 Å². The first-order valence-electron chi connectivity index (χ1n) is 5.05. The fraction of sp³-hybridized carbons (Fsp3) is 0.364. The first-order valence-corrected chi connectivity index (χ1v) is 6.56. The van der Waals surface area contributed by atoms with Gasteiger partial charge in [-0.1, -0.05) is 12.1 Å². The Labute approximate surface area is 95.0 Å². The van der Waals surface area contributed by atoms with Crippen LogP contribution in [0.25, 0.3) is 0 Å². The molecule has 1 aromatic carbocycles. The van der Waals surface area contributed by atoms with Crippen LogP contribution in [0.2, 0.25) is 0 Å². The van der Waals surface area contributed by atoms with E-state index in [2.05, 4.69) is 4.40 Å². The second-order valence-corrected chi connectivity index (χ2v) is 5.60. The average molecular weight is 239 g/mol. The number of para-hydroxylation sites is 1. The Balaban J connectivity index is 2.23. The van der Waals surface area contributed by atoms with Gasteiger partial charge in [0, 0.05) is 5.56 Å². The molecule has 1 aromatic rings. The first-order chi connectivity index (χ1) is 7.63. The predicted molar refractivity (Wildman–Crippen MR) is 62.5 cm³/mol. The molecule has 0 amide bonds. The van der Waals surface area contributed by atoms with Crippen LogP contribution in [-0.2, 0) is 10.0 Å². The minimum Gasteiger partial charge on any atom is -0.496 e. The zero-order chi connectivity index (χ0) is 11.6. The summed E-state index contributed by atoms with van der Waals surface area (Å²) in [6, 6.07) is 7.18. The molecule has 1 aliphatic rings. The first kappa shape index (κ1) is 11.1. The van der Waals surface area contributed by atoms with Crippen molar-refractivity contribution in [3.63, 3.8) is 0 Å². The Morgan fingerprint density at radius 1 is 1.38 bits per heavy atom. The molecule has 0 saturated heterocycles. The lowest BCUT2D eigenvalue weighted by atomic mass is 10.2. The van der Waals surface area contributed by atoms with Crippen LogP contribution in [0.1, 0.15) is 18.4 Å². The molecule has 86 valence electrons. The molecular formula is C11H13NO3S. The number of rotatable bonds is 4. The summed E-state index contributed by atoms with van der Waals surface area (Å²) < 4.78 is 31.8. The second kappa shape index (κ2) is 4.25. The summed E-state index contributed by atoms with van der Waals surface area (Å²) in [5, 5.41) is -0.265. The van der Waals surface area contributed by atoms with Crippen molar-refractivity contribution in [3.05, 3.63) is 29.8 Å². The summed E-state index contributed by atoms with van der Waals surface area (Å²) in [6.07, 6.45) is 2.81. The van der Waals surface area contributed by atoms with E-state index in [1.807, 2.05) is 12.1 Å². The second-order valence-electron chi connectivity index (χ2n) is 3.69. The number of hydrogen-bond acceptors (Lipinski definition) is 3. The van der Waals surface area contributed by atoms with Crippen molar-refractivity contribution >= 4 is 16.2 Å². The van der Waals surface area contributed by atoms with Gasteiger partial charge < -0.3 is 4.74 Å². The Morgan fingerprint density at radius 2 is 2.06 bits per heavy atom. The molecule has 16 heavy (non-hydrogen) atoms. The molecule has 2 rings (SSSR count). The monoisotopic (exact) mass is 239 g/mol. The lowest BCUT2D eigenvalue weighted by Gasteiger charge is -2.02. The summed E-state index contributed by atoms with van der Waals surface area (Å²) >= 11 is 0. The number of methoxy groups -OCH3 is 1. The van der Waals surface area contributed by atoms with E-state index in [1.54, 1.807) is 19.2 Å². The van der Waals surface area contributed by atoms with Gasteiger partial charge in [0.1, 0.15) is 5.75 Å². The Hall–Kier alpha value is -1.36. The third-order valence-electron chi connectivity index (χ3n) is 2.42. The van der Waals surface area contributed by atoms with Gasteiger partial charge in [0.05, 0.1) is 18.6 Å². The van der Waals surface area contributed by atoms with Crippen molar-refractivity contribution < 1.29 is 13.2 Å². The lowest BCUT2D eigenvalue weighted by molar-refractivity contribution is 0.414. The topological polar surface area (TPSA) is 55.7 Å². The molecule has 0 heterocycles. The zero-order valence-corrected chi connectivity index (χ0v) is 9.78. The van der Waals surface area contributed by atoms with E-state index in [1.165, 1.54) is 6.21 Å². The number of nitrogens with zero attached hydrogens (tertiary/aromatic N) is 1. The molecule has 0 atom stereocenters. The van der Waals surface area contributed by atoms with Gasteiger partial charge in [-0.3, -0.25) is 0 Å². The van der Waals surface area contributed by atoms with E-state index in [4.69, 9.17) is 4.74 Å². The summed E-state index contributed by atoms with van der Waals surface area (Å²) in [4.78, 5) is 0. The molecule has 1 fully saturated rings. The highest BCUT2D eigenvalue weighted by molar-refractivity contribution is 7.91. The number of sulfonamides is 1. The van der Waals surface area contributed by atoms with E-state index in [0.29, 0.717) is 11.3 Å². The molecule has 0 aromatic heterocycles. The molecule has 1 aliphatic carbocycles. The molecule has 0 aliphatic heterocycles. The van der Waals surface area contributed by atoms with Gasteiger partial charge in [0.2, 0.25) is 0 Å². The Morgan fingerprint density at radius 3 is 2.69 bits per heavy atom. The summed E-state index contributed by atoms with van der Waals surface area (Å²) in [5.74, 6) is 0.622. The van der Waals surface area contributed by atoms with Gasteiger partial charge >= 0.3 is 0 Å². The molecule has 0 N–H and O–H groups in total.